The monoisotopic (exact) mass is 279 g/mol. The lowest BCUT2D eigenvalue weighted by Crippen LogP contribution is -2.48. The third-order valence-electron chi connectivity index (χ3n) is 3.60. The van der Waals surface area contributed by atoms with Crippen LogP contribution in [0.15, 0.2) is 23.1 Å². The highest BCUT2D eigenvalue weighted by atomic mass is 32.2. The lowest BCUT2D eigenvalue weighted by Gasteiger charge is -2.36. The molecule has 1 fully saturated rings. The average molecular weight is 279 g/mol. The largest absolute Gasteiger partial charge is 0.368 e. The first-order valence-electron chi connectivity index (χ1n) is 6.53. The maximum Gasteiger partial charge on any atom is 0.219 e. The van der Waals surface area contributed by atoms with Crippen molar-refractivity contribution in [2.45, 2.75) is 18.4 Å². The molecule has 0 radical (unpaired) electrons. The molecule has 0 unspecified atom stereocenters. The summed E-state index contributed by atoms with van der Waals surface area (Å²) < 4.78 is 0. The van der Waals surface area contributed by atoms with Gasteiger partial charge in [0.15, 0.2) is 0 Å². The number of nitrogens with two attached hydrogens (primary N) is 1. The summed E-state index contributed by atoms with van der Waals surface area (Å²) in [5, 5.41) is 0. The standard InChI is InChI=1S/C14H21N3OS/c1-11(18)16-6-8-17(9-7-16)13-4-3-5-14(19-2)12(13)10-15/h3-5H,6-10,15H2,1-2H3. The normalized spacial score (nSPS) is 15.7. The number of carbonyl (C=O) groups excluding carboxylic acids is 1. The zero-order valence-electron chi connectivity index (χ0n) is 11.6. The van der Waals surface area contributed by atoms with Gasteiger partial charge >= 0.3 is 0 Å². The molecule has 0 bridgehead atoms. The highest BCUT2D eigenvalue weighted by molar-refractivity contribution is 7.98. The van der Waals surface area contributed by atoms with Crippen LogP contribution in [0.1, 0.15) is 12.5 Å². The Morgan fingerprint density at radius 2 is 2.00 bits per heavy atom. The van der Waals surface area contributed by atoms with Crippen LogP contribution in [0.2, 0.25) is 0 Å². The van der Waals surface area contributed by atoms with Crippen molar-refractivity contribution >= 4 is 23.4 Å². The van der Waals surface area contributed by atoms with E-state index in [1.807, 2.05) is 4.90 Å². The Labute approximate surface area is 118 Å². The summed E-state index contributed by atoms with van der Waals surface area (Å²) in [5.41, 5.74) is 8.34. The number of hydrogen-bond donors (Lipinski definition) is 1. The van der Waals surface area contributed by atoms with Crippen LogP contribution < -0.4 is 10.6 Å². The first kappa shape index (κ1) is 14.2. The minimum Gasteiger partial charge on any atom is -0.368 e. The van der Waals surface area contributed by atoms with Gasteiger partial charge in [-0.25, -0.2) is 0 Å². The molecule has 0 aliphatic carbocycles. The summed E-state index contributed by atoms with van der Waals surface area (Å²) in [5.74, 6) is 0.163. The van der Waals surface area contributed by atoms with Crippen molar-refractivity contribution in [1.29, 1.82) is 0 Å². The topological polar surface area (TPSA) is 49.6 Å². The Bertz CT molecular complexity index is 456. The van der Waals surface area contributed by atoms with Crippen molar-refractivity contribution in [2.24, 2.45) is 5.73 Å². The summed E-state index contributed by atoms with van der Waals surface area (Å²) in [7, 11) is 0. The second-order valence-electron chi connectivity index (χ2n) is 4.66. The summed E-state index contributed by atoms with van der Waals surface area (Å²) in [6, 6.07) is 6.32. The number of piperazine rings is 1. The minimum atomic E-state index is 0.163. The van der Waals surface area contributed by atoms with Crippen LogP contribution in [-0.4, -0.2) is 43.2 Å². The number of thioether (sulfide) groups is 1. The number of nitrogens with zero attached hydrogens (tertiary/aromatic N) is 2. The second kappa shape index (κ2) is 6.30. The van der Waals surface area contributed by atoms with E-state index in [9.17, 15) is 4.79 Å². The minimum absolute atomic E-state index is 0.163. The summed E-state index contributed by atoms with van der Waals surface area (Å²) in [6.07, 6.45) is 2.08. The number of hydrogen-bond acceptors (Lipinski definition) is 4. The predicted molar refractivity (Wildman–Crippen MR) is 80.6 cm³/mol. The van der Waals surface area contributed by atoms with Crippen molar-refractivity contribution < 1.29 is 4.79 Å². The van der Waals surface area contributed by atoms with E-state index in [2.05, 4.69) is 29.4 Å². The molecule has 1 aliphatic rings. The third-order valence-corrected chi connectivity index (χ3v) is 4.42. The zero-order valence-corrected chi connectivity index (χ0v) is 12.4. The molecule has 19 heavy (non-hydrogen) atoms. The summed E-state index contributed by atoms with van der Waals surface area (Å²) in [6.45, 7) is 5.54. The molecule has 1 saturated heterocycles. The molecule has 1 aromatic rings. The van der Waals surface area contributed by atoms with Gasteiger partial charge in [-0.2, -0.15) is 0 Å². The fourth-order valence-electron chi connectivity index (χ4n) is 2.51. The molecular formula is C14H21N3OS. The lowest BCUT2D eigenvalue weighted by atomic mass is 10.1. The first-order valence-corrected chi connectivity index (χ1v) is 7.76. The summed E-state index contributed by atoms with van der Waals surface area (Å²) in [4.78, 5) is 16.8. The Balaban J connectivity index is 2.17. The summed E-state index contributed by atoms with van der Waals surface area (Å²) >= 11 is 1.73. The van der Waals surface area contributed by atoms with Crippen LogP contribution in [0.4, 0.5) is 5.69 Å². The maximum atomic E-state index is 11.3. The van der Waals surface area contributed by atoms with Crippen molar-refractivity contribution in [3.8, 4) is 0 Å². The molecule has 1 aromatic carbocycles. The number of rotatable bonds is 3. The van der Waals surface area contributed by atoms with Gasteiger partial charge in [0.2, 0.25) is 5.91 Å². The fraction of sp³-hybridized carbons (Fsp3) is 0.500. The van der Waals surface area contributed by atoms with Gasteiger partial charge in [-0.3, -0.25) is 4.79 Å². The quantitative estimate of drug-likeness (QED) is 0.853. The van der Waals surface area contributed by atoms with Gasteiger partial charge < -0.3 is 15.5 Å². The molecule has 2 rings (SSSR count). The van der Waals surface area contributed by atoms with Crippen LogP contribution in [0.3, 0.4) is 0 Å². The highest BCUT2D eigenvalue weighted by Crippen LogP contribution is 2.29. The first-order chi connectivity index (χ1) is 9.17. The van der Waals surface area contributed by atoms with Crippen molar-refractivity contribution in [1.82, 2.24) is 4.90 Å². The van der Waals surface area contributed by atoms with E-state index in [0.29, 0.717) is 6.54 Å². The molecule has 104 valence electrons. The number of benzene rings is 1. The number of anilines is 1. The van der Waals surface area contributed by atoms with Crippen LogP contribution >= 0.6 is 11.8 Å². The smallest absolute Gasteiger partial charge is 0.219 e. The average Bonchev–Trinajstić information content (AvgIpc) is 2.46. The molecule has 4 nitrogen and oxygen atoms in total. The van der Waals surface area contributed by atoms with Crippen LogP contribution in [0.5, 0.6) is 0 Å². The molecule has 0 atom stereocenters. The van der Waals surface area contributed by atoms with E-state index in [1.54, 1.807) is 18.7 Å². The van der Waals surface area contributed by atoms with E-state index < -0.39 is 0 Å². The van der Waals surface area contributed by atoms with Gasteiger partial charge in [0.1, 0.15) is 0 Å². The van der Waals surface area contributed by atoms with Crippen molar-refractivity contribution in [2.75, 3.05) is 37.3 Å². The van der Waals surface area contributed by atoms with E-state index in [0.717, 1.165) is 26.2 Å². The third kappa shape index (κ3) is 3.04. The maximum absolute atomic E-state index is 11.3. The predicted octanol–water partition coefficient (Wildman–Crippen LogP) is 1.54. The Morgan fingerprint density at radius 1 is 1.32 bits per heavy atom. The molecule has 1 heterocycles. The molecule has 1 amide bonds. The van der Waals surface area contributed by atoms with Gasteiger partial charge in [0.05, 0.1) is 0 Å². The van der Waals surface area contributed by atoms with Crippen molar-refractivity contribution in [3.63, 3.8) is 0 Å². The van der Waals surface area contributed by atoms with Crippen molar-refractivity contribution in [3.05, 3.63) is 23.8 Å². The Kier molecular flexibility index (Phi) is 4.71. The molecule has 0 aromatic heterocycles. The molecule has 5 heteroatoms. The van der Waals surface area contributed by atoms with Crippen LogP contribution in [0, 0.1) is 0 Å². The molecule has 0 saturated carbocycles. The molecule has 1 aliphatic heterocycles. The van der Waals surface area contributed by atoms with Gasteiger partial charge in [-0.15, -0.1) is 11.8 Å². The van der Waals surface area contributed by atoms with Gasteiger partial charge in [0.25, 0.3) is 0 Å². The number of amides is 1. The van der Waals surface area contributed by atoms with Crippen LogP contribution in [0.25, 0.3) is 0 Å². The molecular weight excluding hydrogens is 258 g/mol. The Hall–Kier alpha value is -1.20. The van der Waals surface area contributed by atoms with E-state index in [-0.39, 0.29) is 5.91 Å². The molecule has 2 N–H and O–H groups in total. The second-order valence-corrected chi connectivity index (χ2v) is 5.50. The Morgan fingerprint density at radius 3 is 2.53 bits per heavy atom. The zero-order chi connectivity index (χ0) is 13.8. The number of carbonyl (C=O) groups is 1. The van der Waals surface area contributed by atoms with Crippen LogP contribution in [-0.2, 0) is 11.3 Å². The fourth-order valence-corrected chi connectivity index (χ4v) is 3.16. The highest BCUT2D eigenvalue weighted by Gasteiger charge is 2.20. The van der Waals surface area contributed by atoms with Gasteiger partial charge in [0, 0.05) is 55.8 Å². The van der Waals surface area contributed by atoms with Gasteiger partial charge in [-0.05, 0) is 18.4 Å². The van der Waals surface area contributed by atoms with E-state index in [4.69, 9.17) is 5.73 Å². The van der Waals surface area contributed by atoms with Gasteiger partial charge in [-0.1, -0.05) is 6.07 Å². The lowest BCUT2D eigenvalue weighted by molar-refractivity contribution is -0.129. The van der Waals surface area contributed by atoms with E-state index in [1.165, 1.54) is 16.1 Å². The van der Waals surface area contributed by atoms with E-state index >= 15 is 0 Å². The molecule has 0 spiro atoms. The SMILES string of the molecule is CSc1cccc(N2CCN(C(C)=O)CC2)c1CN.